The van der Waals surface area contributed by atoms with Gasteiger partial charge in [-0.2, -0.15) is 0 Å². The molecule has 2 fully saturated rings. The monoisotopic (exact) mass is 163 g/mol. The molecule has 1 spiro atoms. The molecule has 2 rings (SSSR count). The lowest BCUT2D eigenvalue weighted by atomic mass is 9.74. The summed E-state index contributed by atoms with van der Waals surface area (Å²) in [5, 5.41) is 0. The third kappa shape index (κ3) is 1.16. The highest BCUT2D eigenvalue weighted by molar-refractivity contribution is 5.85. The van der Waals surface area contributed by atoms with Crippen LogP contribution in [0.15, 0.2) is 0 Å². The van der Waals surface area contributed by atoms with Gasteiger partial charge in [-0.15, -0.1) is 12.4 Å². The standard InChI is InChI=1S/C7H13NO.ClH/c8-6-4-7(5-6)2-1-3-9-7;/h6H,1-5,8H2;1H. The van der Waals surface area contributed by atoms with E-state index >= 15 is 0 Å². The van der Waals surface area contributed by atoms with E-state index in [0.717, 1.165) is 19.4 Å². The smallest absolute Gasteiger partial charge is 0.0712 e. The summed E-state index contributed by atoms with van der Waals surface area (Å²) in [7, 11) is 0. The molecule has 1 saturated carbocycles. The fourth-order valence-corrected chi connectivity index (χ4v) is 1.97. The van der Waals surface area contributed by atoms with Crippen molar-refractivity contribution in [2.75, 3.05) is 6.61 Å². The van der Waals surface area contributed by atoms with Crippen molar-refractivity contribution < 1.29 is 4.74 Å². The first kappa shape index (κ1) is 8.31. The van der Waals surface area contributed by atoms with E-state index in [1.165, 1.54) is 12.8 Å². The van der Waals surface area contributed by atoms with Crippen molar-refractivity contribution in [3.8, 4) is 0 Å². The van der Waals surface area contributed by atoms with Gasteiger partial charge in [0.15, 0.2) is 0 Å². The van der Waals surface area contributed by atoms with E-state index in [9.17, 15) is 0 Å². The summed E-state index contributed by atoms with van der Waals surface area (Å²) in [6.45, 7) is 0.965. The second-order valence-corrected chi connectivity index (χ2v) is 3.30. The maximum absolute atomic E-state index is 5.65. The minimum Gasteiger partial charge on any atom is -0.375 e. The maximum atomic E-state index is 5.65. The first-order valence-corrected chi connectivity index (χ1v) is 3.70. The van der Waals surface area contributed by atoms with Gasteiger partial charge in [-0.05, 0) is 25.7 Å². The summed E-state index contributed by atoms with van der Waals surface area (Å²) in [5.41, 5.74) is 5.92. The molecular formula is C7H14ClNO. The molecule has 10 heavy (non-hydrogen) atoms. The molecule has 0 unspecified atom stereocenters. The molecule has 3 heteroatoms. The number of rotatable bonds is 0. The molecule has 0 atom stereocenters. The van der Waals surface area contributed by atoms with E-state index in [0.29, 0.717) is 6.04 Å². The predicted molar refractivity (Wildman–Crippen MR) is 42.4 cm³/mol. The summed E-state index contributed by atoms with van der Waals surface area (Å²) in [6.07, 6.45) is 4.70. The molecule has 60 valence electrons. The lowest BCUT2D eigenvalue weighted by molar-refractivity contribution is -0.0672. The minimum atomic E-state index is 0. The average Bonchev–Trinajstić information content (AvgIpc) is 2.12. The fourth-order valence-electron chi connectivity index (χ4n) is 1.97. The predicted octanol–water partition coefficient (Wildman–Crippen LogP) is 1.08. The largest absolute Gasteiger partial charge is 0.375 e. The van der Waals surface area contributed by atoms with Crippen LogP contribution in [0.4, 0.5) is 0 Å². The summed E-state index contributed by atoms with van der Waals surface area (Å²) in [4.78, 5) is 0. The summed E-state index contributed by atoms with van der Waals surface area (Å²) in [6, 6.07) is 0.433. The van der Waals surface area contributed by atoms with Gasteiger partial charge in [-0.3, -0.25) is 0 Å². The van der Waals surface area contributed by atoms with Crippen LogP contribution in [0.3, 0.4) is 0 Å². The molecule has 0 aromatic rings. The van der Waals surface area contributed by atoms with Gasteiger partial charge in [-0.1, -0.05) is 0 Å². The lowest BCUT2D eigenvalue weighted by Gasteiger charge is -2.42. The van der Waals surface area contributed by atoms with Crippen LogP contribution in [-0.4, -0.2) is 18.2 Å². The molecule has 1 saturated heterocycles. The first-order valence-electron chi connectivity index (χ1n) is 3.70. The first-order chi connectivity index (χ1) is 4.31. The van der Waals surface area contributed by atoms with Gasteiger partial charge in [0.25, 0.3) is 0 Å². The van der Waals surface area contributed by atoms with Crippen molar-refractivity contribution in [1.82, 2.24) is 0 Å². The van der Waals surface area contributed by atoms with Crippen LogP contribution in [0, 0.1) is 0 Å². The molecule has 0 amide bonds. The molecule has 2 aliphatic rings. The van der Waals surface area contributed by atoms with Crippen LogP contribution in [0.25, 0.3) is 0 Å². The highest BCUT2D eigenvalue weighted by Crippen LogP contribution is 2.42. The molecule has 1 heterocycles. The zero-order valence-electron chi connectivity index (χ0n) is 6.01. The third-order valence-corrected chi connectivity index (χ3v) is 2.45. The Kier molecular flexibility index (Phi) is 2.23. The second-order valence-electron chi connectivity index (χ2n) is 3.30. The fraction of sp³-hybridized carbons (Fsp3) is 1.00. The Morgan fingerprint density at radius 3 is 2.50 bits per heavy atom. The molecule has 0 bridgehead atoms. The van der Waals surface area contributed by atoms with Crippen LogP contribution in [0.1, 0.15) is 25.7 Å². The third-order valence-electron chi connectivity index (χ3n) is 2.45. The number of hydrogen-bond acceptors (Lipinski definition) is 2. The van der Waals surface area contributed by atoms with Crippen LogP contribution in [-0.2, 0) is 4.74 Å². The highest BCUT2D eigenvalue weighted by atomic mass is 35.5. The Bertz CT molecular complexity index is 115. The van der Waals surface area contributed by atoms with E-state index in [4.69, 9.17) is 10.5 Å². The Balaban J connectivity index is 0.000000500. The van der Waals surface area contributed by atoms with Crippen LogP contribution < -0.4 is 5.73 Å². The zero-order chi connectivity index (χ0) is 6.32. The highest BCUT2D eigenvalue weighted by Gasteiger charge is 2.45. The normalized spacial score (nSPS) is 44.7. The average molecular weight is 164 g/mol. The Morgan fingerprint density at radius 2 is 2.10 bits per heavy atom. The second kappa shape index (κ2) is 2.68. The molecule has 0 aromatic carbocycles. The van der Waals surface area contributed by atoms with Crippen molar-refractivity contribution in [2.45, 2.75) is 37.3 Å². The number of ether oxygens (including phenoxy) is 1. The molecular weight excluding hydrogens is 150 g/mol. The van der Waals surface area contributed by atoms with Crippen molar-refractivity contribution in [3.63, 3.8) is 0 Å². The molecule has 1 aliphatic carbocycles. The summed E-state index contributed by atoms with van der Waals surface area (Å²) >= 11 is 0. The molecule has 0 radical (unpaired) electrons. The Morgan fingerprint density at radius 1 is 1.40 bits per heavy atom. The molecule has 1 aliphatic heterocycles. The SMILES string of the molecule is Cl.NC1CC2(CCCO2)C1. The molecule has 0 aromatic heterocycles. The van der Waals surface area contributed by atoms with Crippen LogP contribution in [0.2, 0.25) is 0 Å². The van der Waals surface area contributed by atoms with Crippen molar-refractivity contribution >= 4 is 12.4 Å². The maximum Gasteiger partial charge on any atom is 0.0712 e. The Labute approximate surface area is 67.5 Å². The lowest BCUT2D eigenvalue weighted by Crippen LogP contribution is -2.50. The van der Waals surface area contributed by atoms with Gasteiger partial charge in [0.05, 0.1) is 5.60 Å². The Hall–Kier alpha value is 0.210. The van der Waals surface area contributed by atoms with Gasteiger partial charge in [0.1, 0.15) is 0 Å². The van der Waals surface area contributed by atoms with Crippen LogP contribution in [0.5, 0.6) is 0 Å². The van der Waals surface area contributed by atoms with E-state index in [-0.39, 0.29) is 18.0 Å². The van der Waals surface area contributed by atoms with Crippen LogP contribution >= 0.6 is 12.4 Å². The minimum absolute atomic E-state index is 0. The zero-order valence-corrected chi connectivity index (χ0v) is 6.82. The molecule has 2 N–H and O–H groups in total. The van der Waals surface area contributed by atoms with Gasteiger partial charge >= 0.3 is 0 Å². The number of nitrogens with two attached hydrogens (primary N) is 1. The van der Waals surface area contributed by atoms with Crippen molar-refractivity contribution in [2.24, 2.45) is 5.73 Å². The van der Waals surface area contributed by atoms with Gasteiger partial charge in [0.2, 0.25) is 0 Å². The van der Waals surface area contributed by atoms with Crippen molar-refractivity contribution in [1.29, 1.82) is 0 Å². The quantitative estimate of drug-likeness (QED) is 0.580. The van der Waals surface area contributed by atoms with E-state index < -0.39 is 0 Å². The van der Waals surface area contributed by atoms with Gasteiger partial charge in [0, 0.05) is 12.6 Å². The van der Waals surface area contributed by atoms with E-state index in [1.54, 1.807) is 0 Å². The summed E-state index contributed by atoms with van der Waals surface area (Å²) in [5.74, 6) is 0. The van der Waals surface area contributed by atoms with E-state index in [1.807, 2.05) is 0 Å². The number of halogens is 1. The van der Waals surface area contributed by atoms with E-state index in [2.05, 4.69) is 0 Å². The van der Waals surface area contributed by atoms with Crippen molar-refractivity contribution in [3.05, 3.63) is 0 Å². The van der Waals surface area contributed by atoms with Gasteiger partial charge < -0.3 is 10.5 Å². The topological polar surface area (TPSA) is 35.2 Å². The molecule has 2 nitrogen and oxygen atoms in total. The number of hydrogen-bond donors (Lipinski definition) is 1. The van der Waals surface area contributed by atoms with Gasteiger partial charge in [-0.25, -0.2) is 0 Å². The summed E-state index contributed by atoms with van der Waals surface area (Å²) < 4.78 is 5.57.